The number of primary sulfonamides is 1. The highest BCUT2D eigenvalue weighted by Gasteiger charge is 2.28. The van der Waals surface area contributed by atoms with E-state index in [1.165, 1.54) is 36.8 Å². The van der Waals surface area contributed by atoms with Gasteiger partial charge in [0.1, 0.15) is 29.4 Å². The van der Waals surface area contributed by atoms with Gasteiger partial charge in [0.15, 0.2) is 0 Å². The van der Waals surface area contributed by atoms with Crippen LogP contribution in [0.2, 0.25) is 0 Å². The number of aromatic nitrogens is 3. The Balaban J connectivity index is 1.64. The molecule has 2 aromatic heterocycles. The molecular formula is C23H19F2N5O3S. The van der Waals surface area contributed by atoms with Crippen LogP contribution in [0.3, 0.4) is 0 Å². The van der Waals surface area contributed by atoms with Gasteiger partial charge < -0.3 is 10.3 Å². The third-order valence-corrected chi connectivity index (χ3v) is 6.74. The summed E-state index contributed by atoms with van der Waals surface area (Å²) in [6, 6.07) is 7.46. The summed E-state index contributed by atoms with van der Waals surface area (Å²) < 4.78 is 54.5. The molecule has 2 aromatic carbocycles. The van der Waals surface area contributed by atoms with Gasteiger partial charge in [-0.25, -0.2) is 32.3 Å². The van der Waals surface area contributed by atoms with Crippen LogP contribution >= 0.6 is 0 Å². The van der Waals surface area contributed by atoms with Crippen molar-refractivity contribution < 1.29 is 22.0 Å². The van der Waals surface area contributed by atoms with E-state index < -0.39 is 33.0 Å². The number of aromatic amines is 1. The summed E-state index contributed by atoms with van der Waals surface area (Å²) in [7, 11) is -4.20. The Morgan fingerprint density at radius 3 is 2.62 bits per heavy atom. The fraction of sp³-hybridized carbons (Fsp3) is 0.174. The monoisotopic (exact) mass is 483 g/mol. The number of ketones is 1. The number of benzene rings is 2. The maximum absolute atomic E-state index is 15.6. The van der Waals surface area contributed by atoms with E-state index in [0.717, 1.165) is 25.0 Å². The summed E-state index contributed by atoms with van der Waals surface area (Å²) in [5.41, 5.74) is -0.834. The summed E-state index contributed by atoms with van der Waals surface area (Å²) in [5.74, 6) is -2.30. The quantitative estimate of drug-likeness (QED) is 0.344. The average molecular weight is 484 g/mol. The molecule has 174 valence electrons. The van der Waals surface area contributed by atoms with Crippen molar-refractivity contribution in [2.45, 2.75) is 17.7 Å². The van der Waals surface area contributed by atoms with Crippen LogP contribution < -0.4 is 10.5 Å². The molecule has 1 aliphatic rings. The first kappa shape index (κ1) is 22.1. The van der Waals surface area contributed by atoms with Crippen LogP contribution in [0.1, 0.15) is 28.8 Å². The van der Waals surface area contributed by atoms with E-state index >= 15 is 4.39 Å². The van der Waals surface area contributed by atoms with Crippen molar-refractivity contribution >= 4 is 32.7 Å². The van der Waals surface area contributed by atoms with Crippen LogP contribution in [0.4, 0.5) is 14.6 Å². The minimum Gasteiger partial charge on any atom is -0.369 e. The lowest BCUT2D eigenvalue weighted by molar-refractivity contribution is 0.103. The molecule has 2 heterocycles. The molecule has 0 spiro atoms. The molecule has 1 aliphatic carbocycles. The molecule has 0 aliphatic heterocycles. The van der Waals surface area contributed by atoms with Crippen LogP contribution in [0.15, 0.2) is 53.8 Å². The predicted molar refractivity (Wildman–Crippen MR) is 122 cm³/mol. The number of hydrogen-bond donors (Lipinski definition) is 3. The molecule has 0 atom stereocenters. The largest absolute Gasteiger partial charge is 0.369 e. The Kier molecular flexibility index (Phi) is 5.37. The Morgan fingerprint density at radius 1 is 1.12 bits per heavy atom. The van der Waals surface area contributed by atoms with E-state index in [1.807, 2.05) is 0 Å². The molecule has 1 fully saturated rings. The van der Waals surface area contributed by atoms with Crippen molar-refractivity contribution in [2.75, 3.05) is 11.9 Å². The summed E-state index contributed by atoms with van der Waals surface area (Å²) in [4.78, 5) is 24.2. The number of nitrogens with zero attached hydrogens (tertiary/aromatic N) is 2. The van der Waals surface area contributed by atoms with E-state index in [1.54, 1.807) is 0 Å². The molecule has 8 nitrogen and oxygen atoms in total. The third-order valence-electron chi connectivity index (χ3n) is 5.77. The molecule has 0 radical (unpaired) electrons. The highest BCUT2D eigenvalue weighted by Crippen LogP contribution is 2.34. The van der Waals surface area contributed by atoms with Gasteiger partial charge in [0, 0.05) is 23.9 Å². The maximum Gasteiger partial charge on any atom is 0.238 e. The van der Waals surface area contributed by atoms with Gasteiger partial charge in [-0.05, 0) is 37.0 Å². The minimum atomic E-state index is -4.20. The fourth-order valence-corrected chi connectivity index (χ4v) is 4.63. The lowest BCUT2D eigenvalue weighted by Gasteiger charge is -2.12. The second-order valence-corrected chi connectivity index (χ2v) is 9.66. The summed E-state index contributed by atoms with van der Waals surface area (Å²) in [5, 5.41) is 8.77. The Morgan fingerprint density at radius 2 is 1.88 bits per heavy atom. The average Bonchev–Trinajstić information content (AvgIpc) is 3.53. The standard InChI is InChI=1S/C23H19F2N5O3S/c24-16-8-7-14(13-3-1-2-4-17(13)34(26,32)33)20(25)19(16)21(31)15-10-28-23-18(15)22(29-11-30-23)27-9-12-5-6-12/h1-4,7-8,10-12H,5-6,9H2,(H2,26,32,33)(H2,27,28,29,30). The second-order valence-electron chi connectivity index (χ2n) is 8.13. The number of nitrogens with two attached hydrogens (primary N) is 1. The van der Waals surface area contributed by atoms with Gasteiger partial charge >= 0.3 is 0 Å². The van der Waals surface area contributed by atoms with Crippen molar-refractivity contribution in [1.82, 2.24) is 15.0 Å². The number of halogens is 2. The van der Waals surface area contributed by atoms with E-state index in [0.29, 0.717) is 29.3 Å². The first-order chi connectivity index (χ1) is 16.3. The zero-order valence-electron chi connectivity index (χ0n) is 17.7. The number of fused-ring (bicyclic) bond motifs is 1. The van der Waals surface area contributed by atoms with Crippen LogP contribution in [0.5, 0.6) is 0 Å². The van der Waals surface area contributed by atoms with Gasteiger partial charge in [0.25, 0.3) is 0 Å². The Hall–Kier alpha value is -3.70. The first-order valence-electron chi connectivity index (χ1n) is 10.5. The van der Waals surface area contributed by atoms with E-state index in [2.05, 4.69) is 20.3 Å². The highest BCUT2D eigenvalue weighted by molar-refractivity contribution is 7.89. The van der Waals surface area contributed by atoms with Gasteiger partial charge in [0.05, 0.1) is 21.4 Å². The SMILES string of the molecule is NS(=O)(=O)c1ccccc1-c1ccc(F)c(C(=O)c2c[nH]c3ncnc(NCC4CC4)c23)c1F. The highest BCUT2D eigenvalue weighted by atomic mass is 32.2. The predicted octanol–water partition coefficient (Wildman–Crippen LogP) is 3.60. The minimum absolute atomic E-state index is 0.0106. The van der Waals surface area contributed by atoms with Crippen molar-refractivity contribution in [3.05, 3.63) is 71.7 Å². The molecule has 0 saturated heterocycles. The van der Waals surface area contributed by atoms with Gasteiger partial charge in [-0.15, -0.1) is 0 Å². The van der Waals surface area contributed by atoms with Crippen molar-refractivity contribution in [2.24, 2.45) is 11.1 Å². The number of hydrogen-bond acceptors (Lipinski definition) is 6. The van der Waals surface area contributed by atoms with Crippen molar-refractivity contribution in [3.8, 4) is 11.1 Å². The van der Waals surface area contributed by atoms with Crippen molar-refractivity contribution in [1.29, 1.82) is 0 Å². The number of rotatable bonds is 7. The summed E-state index contributed by atoms with van der Waals surface area (Å²) in [6.45, 7) is 0.660. The summed E-state index contributed by atoms with van der Waals surface area (Å²) in [6.07, 6.45) is 4.86. The molecule has 5 rings (SSSR count). The molecule has 1 saturated carbocycles. The molecule has 4 aromatic rings. The number of carbonyl (C=O) groups is 1. The molecule has 4 N–H and O–H groups in total. The number of carbonyl (C=O) groups excluding carboxylic acids is 1. The fourth-order valence-electron chi connectivity index (χ4n) is 3.88. The number of H-pyrrole nitrogens is 1. The molecule has 0 amide bonds. The zero-order valence-corrected chi connectivity index (χ0v) is 18.5. The van der Waals surface area contributed by atoms with Gasteiger partial charge in [-0.2, -0.15) is 0 Å². The van der Waals surface area contributed by atoms with Gasteiger partial charge in [-0.3, -0.25) is 4.79 Å². The maximum atomic E-state index is 15.6. The number of anilines is 1. The molecular weight excluding hydrogens is 464 g/mol. The smallest absolute Gasteiger partial charge is 0.238 e. The van der Waals surface area contributed by atoms with E-state index in [9.17, 15) is 17.6 Å². The number of nitrogens with one attached hydrogen (secondary N) is 2. The Bertz CT molecular complexity index is 1550. The molecule has 34 heavy (non-hydrogen) atoms. The zero-order chi connectivity index (χ0) is 24.0. The van der Waals surface area contributed by atoms with Gasteiger partial charge in [-0.1, -0.05) is 18.2 Å². The van der Waals surface area contributed by atoms with E-state index in [4.69, 9.17) is 5.14 Å². The van der Waals surface area contributed by atoms with Gasteiger partial charge in [0.2, 0.25) is 15.8 Å². The van der Waals surface area contributed by atoms with Crippen LogP contribution in [0.25, 0.3) is 22.2 Å². The lowest BCUT2D eigenvalue weighted by Crippen LogP contribution is -2.14. The van der Waals surface area contributed by atoms with Crippen molar-refractivity contribution in [3.63, 3.8) is 0 Å². The first-order valence-corrected chi connectivity index (χ1v) is 12.0. The Labute approximate surface area is 193 Å². The second kappa shape index (κ2) is 8.26. The lowest BCUT2D eigenvalue weighted by atomic mass is 9.96. The van der Waals surface area contributed by atoms with Crippen LogP contribution in [-0.2, 0) is 10.0 Å². The summed E-state index contributed by atoms with van der Waals surface area (Å²) >= 11 is 0. The van der Waals surface area contributed by atoms with Crippen LogP contribution in [0, 0.1) is 17.6 Å². The molecule has 0 unspecified atom stereocenters. The number of sulfonamides is 1. The molecule has 0 bridgehead atoms. The normalized spacial score (nSPS) is 13.9. The topological polar surface area (TPSA) is 131 Å². The van der Waals surface area contributed by atoms with E-state index in [-0.39, 0.29) is 21.6 Å². The molecule has 11 heteroatoms. The third kappa shape index (κ3) is 3.93. The van der Waals surface area contributed by atoms with Crippen LogP contribution in [-0.4, -0.2) is 35.7 Å².